The van der Waals surface area contributed by atoms with Crippen LogP contribution in [0.15, 0.2) is 23.1 Å². The zero-order valence-corrected chi connectivity index (χ0v) is 6.71. The summed E-state index contributed by atoms with van der Waals surface area (Å²) in [7, 11) is 0. The largest absolute Gasteiger partial charge is 0.143 e. The summed E-state index contributed by atoms with van der Waals surface area (Å²) in [6.07, 6.45) is 0. The van der Waals surface area contributed by atoms with E-state index in [-0.39, 0.29) is 0 Å². The highest BCUT2D eigenvalue weighted by Crippen LogP contribution is 2.16. The molecule has 0 unspecified atom stereocenters. The lowest BCUT2D eigenvalue weighted by Gasteiger charge is -1.94. The number of benzene rings is 1. The van der Waals surface area contributed by atoms with Crippen molar-refractivity contribution in [3.8, 4) is 0 Å². The van der Waals surface area contributed by atoms with Crippen LogP contribution in [0.3, 0.4) is 0 Å². The number of aryl methyl sites for hydroxylation is 1. The number of rotatable bonds is 0. The van der Waals surface area contributed by atoms with E-state index in [9.17, 15) is 0 Å². The van der Waals surface area contributed by atoms with Gasteiger partial charge in [-0.25, -0.2) is 0 Å². The van der Waals surface area contributed by atoms with Crippen LogP contribution in [-0.2, 0) is 0 Å². The van der Waals surface area contributed by atoms with Crippen LogP contribution < -0.4 is 0 Å². The van der Waals surface area contributed by atoms with Crippen LogP contribution in [0.1, 0.15) is 5.56 Å². The van der Waals surface area contributed by atoms with Crippen molar-refractivity contribution in [2.24, 2.45) is 0 Å². The predicted octanol–water partition coefficient (Wildman–Crippen LogP) is 2.94. The van der Waals surface area contributed by atoms with Gasteiger partial charge in [-0.2, -0.15) is 0 Å². The van der Waals surface area contributed by atoms with Crippen molar-refractivity contribution < 1.29 is 0 Å². The lowest BCUT2D eigenvalue weighted by atomic mass is 10.2. The van der Waals surface area contributed by atoms with E-state index < -0.39 is 0 Å². The molecule has 0 radical (unpaired) electrons. The van der Waals surface area contributed by atoms with E-state index >= 15 is 0 Å². The molecular weight excluding hydrogens is 152 g/mol. The van der Waals surface area contributed by atoms with Gasteiger partial charge in [0.2, 0.25) is 0 Å². The van der Waals surface area contributed by atoms with E-state index in [0.29, 0.717) is 0 Å². The van der Waals surface area contributed by atoms with Gasteiger partial charge in [0.15, 0.2) is 0 Å². The van der Waals surface area contributed by atoms with Crippen molar-refractivity contribution in [1.82, 2.24) is 0 Å². The van der Waals surface area contributed by atoms with Gasteiger partial charge in [-0.15, -0.1) is 12.6 Å². The number of thiol groups is 1. The van der Waals surface area contributed by atoms with E-state index in [1.54, 1.807) is 0 Å². The summed E-state index contributed by atoms with van der Waals surface area (Å²) < 4.78 is 0. The number of hydrogen-bond acceptors (Lipinski definition) is 1. The third kappa shape index (κ3) is 1.92. The number of halogens is 1. The Bertz CT molecular complexity index is 170. The van der Waals surface area contributed by atoms with Crippen LogP contribution in [0.2, 0.25) is 5.02 Å². The zero-order valence-electron chi connectivity index (χ0n) is 5.06. The lowest BCUT2D eigenvalue weighted by molar-refractivity contribution is 1.37. The fourth-order valence-corrected chi connectivity index (χ4v) is 1.43. The van der Waals surface area contributed by atoms with Crippen LogP contribution in [0.4, 0.5) is 0 Å². The normalized spacial score (nSPS) is 9.67. The highest BCUT2D eigenvalue weighted by molar-refractivity contribution is 7.80. The molecule has 1 aromatic rings. The molecule has 0 bridgehead atoms. The third-order valence-corrected chi connectivity index (χ3v) is 1.50. The van der Waals surface area contributed by atoms with Crippen LogP contribution in [-0.4, -0.2) is 0 Å². The van der Waals surface area contributed by atoms with Gasteiger partial charge >= 0.3 is 0 Å². The minimum absolute atomic E-state index is 0.750. The molecule has 0 heterocycles. The Hall–Kier alpha value is -0.140. The van der Waals surface area contributed by atoms with E-state index in [1.165, 1.54) is 0 Å². The fraction of sp³-hybridized carbons (Fsp3) is 0.143. The average Bonchev–Trinajstić information content (AvgIpc) is 1.59. The van der Waals surface area contributed by atoms with Crippen molar-refractivity contribution in [3.05, 3.63) is 28.8 Å². The molecule has 0 aliphatic heterocycles. The predicted molar refractivity (Wildman–Crippen MR) is 43.4 cm³/mol. The maximum absolute atomic E-state index is 5.70. The van der Waals surface area contributed by atoms with Gasteiger partial charge in [0.1, 0.15) is 0 Å². The maximum Gasteiger partial charge on any atom is 0.0419 e. The molecule has 0 aromatic heterocycles. The minimum Gasteiger partial charge on any atom is -0.143 e. The summed E-state index contributed by atoms with van der Waals surface area (Å²) in [4.78, 5) is 0.917. The zero-order chi connectivity index (χ0) is 6.85. The molecular formula is C7H7ClS. The smallest absolute Gasteiger partial charge is 0.0419 e. The summed E-state index contributed by atoms with van der Waals surface area (Å²) in [5.41, 5.74) is 1.15. The molecule has 9 heavy (non-hydrogen) atoms. The maximum atomic E-state index is 5.70. The summed E-state index contributed by atoms with van der Waals surface area (Å²) in [6.45, 7) is 1.99. The van der Waals surface area contributed by atoms with E-state index in [4.69, 9.17) is 11.6 Å². The molecule has 0 N–H and O–H groups in total. The molecule has 0 saturated carbocycles. The van der Waals surface area contributed by atoms with Crippen LogP contribution >= 0.6 is 24.2 Å². The molecule has 48 valence electrons. The topological polar surface area (TPSA) is 0 Å². The van der Waals surface area contributed by atoms with E-state index in [1.807, 2.05) is 25.1 Å². The Morgan fingerprint density at radius 3 is 2.44 bits per heavy atom. The molecule has 0 fully saturated rings. The Morgan fingerprint density at radius 2 is 2.00 bits per heavy atom. The van der Waals surface area contributed by atoms with Crippen molar-refractivity contribution in [1.29, 1.82) is 0 Å². The highest BCUT2D eigenvalue weighted by atomic mass is 35.5. The molecule has 0 nitrogen and oxygen atoms in total. The SMILES string of the molecule is Cc1cc(S)cc(Cl)c1. The standard InChI is InChI=1S/C7H7ClS/c1-5-2-6(8)4-7(9)3-5/h2-4,9H,1H3. The Labute approximate surface area is 65.3 Å². The minimum atomic E-state index is 0.750. The average molecular weight is 159 g/mol. The van der Waals surface area contributed by atoms with Crippen LogP contribution in [0.5, 0.6) is 0 Å². The fourth-order valence-electron chi connectivity index (χ4n) is 0.717. The monoisotopic (exact) mass is 158 g/mol. The van der Waals surface area contributed by atoms with E-state index in [2.05, 4.69) is 12.6 Å². The van der Waals surface area contributed by atoms with Crippen molar-refractivity contribution >= 4 is 24.2 Å². The highest BCUT2D eigenvalue weighted by Gasteiger charge is 1.89. The van der Waals surface area contributed by atoms with Gasteiger partial charge in [0, 0.05) is 9.92 Å². The first-order valence-corrected chi connectivity index (χ1v) is 3.47. The second-order valence-electron chi connectivity index (χ2n) is 1.99. The van der Waals surface area contributed by atoms with Crippen LogP contribution in [0, 0.1) is 6.92 Å². The molecule has 0 atom stereocenters. The van der Waals surface area contributed by atoms with Gasteiger partial charge in [-0.1, -0.05) is 11.6 Å². The van der Waals surface area contributed by atoms with Crippen LogP contribution in [0.25, 0.3) is 0 Å². The summed E-state index contributed by atoms with van der Waals surface area (Å²) >= 11 is 9.84. The molecule has 0 spiro atoms. The first-order chi connectivity index (χ1) is 4.18. The van der Waals surface area contributed by atoms with Gasteiger partial charge in [-0.3, -0.25) is 0 Å². The van der Waals surface area contributed by atoms with Crippen molar-refractivity contribution in [2.45, 2.75) is 11.8 Å². The van der Waals surface area contributed by atoms with Crippen molar-refractivity contribution in [2.75, 3.05) is 0 Å². The molecule has 2 heteroatoms. The summed E-state index contributed by atoms with van der Waals surface area (Å²) in [5, 5.41) is 0.750. The molecule has 1 aromatic carbocycles. The van der Waals surface area contributed by atoms with E-state index in [0.717, 1.165) is 15.5 Å². The quantitative estimate of drug-likeness (QED) is 0.552. The second-order valence-corrected chi connectivity index (χ2v) is 2.94. The van der Waals surface area contributed by atoms with Gasteiger partial charge in [0.05, 0.1) is 0 Å². The third-order valence-electron chi connectivity index (χ3n) is 1.03. The molecule has 1 rings (SSSR count). The summed E-state index contributed by atoms with van der Waals surface area (Å²) in [6, 6.07) is 5.69. The number of hydrogen-bond donors (Lipinski definition) is 1. The first kappa shape index (κ1) is 6.97. The van der Waals surface area contributed by atoms with Crippen molar-refractivity contribution in [3.63, 3.8) is 0 Å². The van der Waals surface area contributed by atoms with Gasteiger partial charge in [-0.05, 0) is 30.7 Å². The Morgan fingerprint density at radius 1 is 1.33 bits per heavy atom. The first-order valence-electron chi connectivity index (χ1n) is 2.64. The second kappa shape index (κ2) is 2.63. The Balaban J connectivity index is 3.17. The van der Waals surface area contributed by atoms with Gasteiger partial charge in [0.25, 0.3) is 0 Å². The molecule has 0 aliphatic carbocycles. The lowest BCUT2D eigenvalue weighted by Crippen LogP contribution is -1.71. The molecule has 0 saturated heterocycles. The molecule has 0 aliphatic rings. The Kier molecular flexibility index (Phi) is 2.04. The summed E-state index contributed by atoms with van der Waals surface area (Å²) in [5.74, 6) is 0. The van der Waals surface area contributed by atoms with Gasteiger partial charge < -0.3 is 0 Å². The molecule has 0 amide bonds.